The van der Waals surface area contributed by atoms with Crippen molar-refractivity contribution in [3.8, 4) is 0 Å². The predicted molar refractivity (Wildman–Crippen MR) is 104 cm³/mol. The molecule has 0 aliphatic carbocycles. The van der Waals surface area contributed by atoms with E-state index in [2.05, 4.69) is 25.6 Å². The van der Waals surface area contributed by atoms with E-state index in [0.29, 0.717) is 22.6 Å². The Morgan fingerprint density at radius 3 is 2.72 bits per heavy atom. The number of hydrogen-bond acceptors (Lipinski definition) is 6. The Labute approximate surface area is 164 Å². The molecule has 2 aromatic carbocycles. The van der Waals surface area contributed by atoms with Crippen molar-refractivity contribution < 1.29 is 9.50 Å². The Bertz CT molecular complexity index is 1280. The quantitative estimate of drug-likeness (QED) is 0.492. The van der Waals surface area contributed by atoms with Crippen molar-refractivity contribution in [1.82, 2.24) is 25.0 Å². The van der Waals surface area contributed by atoms with Gasteiger partial charge in [0.1, 0.15) is 18.0 Å². The highest BCUT2D eigenvalue weighted by Crippen LogP contribution is 2.45. The summed E-state index contributed by atoms with van der Waals surface area (Å²) in [5.41, 5.74) is 2.35. The molecule has 8 nitrogen and oxygen atoms in total. The van der Waals surface area contributed by atoms with Crippen LogP contribution in [0.5, 0.6) is 0 Å². The van der Waals surface area contributed by atoms with Gasteiger partial charge >= 0.3 is 0 Å². The summed E-state index contributed by atoms with van der Waals surface area (Å²) in [4.78, 5) is 16.7. The fraction of sp³-hybridized carbons (Fsp3) is 0.200. The van der Waals surface area contributed by atoms with Gasteiger partial charge in [0, 0.05) is 18.1 Å². The van der Waals surface area contributed by atoms with Gasteiger partial charge in [-0.2, -0.15) is 10.2 Å². The summed E-state index contributed by atoms with van der Waals surface area (Å²) in [6.07, 6.45) is 1.46. The highest BCUT2D eigenvalue weighted by molar-refractivity contribution is 5.97. The molecule has 9 heteroatoms. The molecule has 3 N–H and O–H groups in total. The summed E-state index contributed by atoms with van der Waals surface area (Å²) in [6.45, 7) is -0.0543. The monoisotopic (exact) mass is 392 g/mol. The van der Waals surface area contributed by atoms with E-state index in [-0.39, 0.29) is 24.0 Å². The maximum atomic E-state index is 14.2. The highest BCUT2D eigenvalue weighted by atomic mass is 19.1. The minimum Gasteiger partial charge on any atom is -0.392 e. The number of aliphatic hydroxyl groups excluding tert-OH is 1. The lowest BCUT2D eigenvalue weighted by Gasteiger charge is -2.33. The lowest BCUT2D eigenvalue weighted by Crippen LogP contribution is -2.30. The Hall–Kier alpha value is -3.59. The zero-order valence-corrected chi connectivity index (χ0v) is 15.4. The Morgan fingerprint density at radius 2 is 2.03 bits per heavy atom. The van der Waals surface area contributed by atoms with Gasteiger partial charge in [-0.15, -0.1) is 0 Å². The van der Waals surface area contributed by atoms with Gasteiger partial charge in [-0.3, -0.25) is 9.48 Å². The van der Waals surface area contributed by atoms with Crippen LogP contribution in [0.3, 0.4) is 0 Å². The lowest BCUT2D eigenvalue weighted by molar-refractivity contribution is 0.282. The lowest BCUT2D eigenvalue weighted by atomic mass is 9.83. The van der Waals surface area contributed by atoms with Gasteiger partial charge in [0.05, 0.1) is 29.6 Å². The van der Waals surface area contributed by atoms with Crippen molar-refractivity contribution in [3.05, 3.63) is 81.5 Å². The number of hydrogen-bond donors (Lipinski definition) is 3. The van der Waals surface area contributed by atoms with E-state index in [1.54, 1.807) is 11.7 Å². The van der Waals surface area contributed by atoms with E-state index >= 15 is 0 Å². The van der Waals surface area contributed by atoms with Crippen LogP contribution in [0, 0.1) is 5.82 Å². The van der Waals surface area contributed by atoms with Gasteiger partial charge < -0.3 is 10.4 Å². The SMILES string of the molecule is Cn1ncnc1C1c2n[nH]c(=O)c3cc(F)cc(c23)NC1c1ccc(CO)cc1. The topological polar surface area (TPSA) is 109 Å². The second-order valence-electron chi connectivity index (χ2n) is 7.06. The summed E-state index contributed by atoms with van der Waals surface area (Å²) in [5, 5.41) is 24.5. The largest absolute Gasteiger partial charge is 0.392 e. The number of rotatable bonds is 3. The molecule has 146 valence electrons. The van der Waals surface area contributed by atoms with Crippen molar-refractivity contribution >= 4 is 16.5 Å². The smallest absolute Gasteiger partial charge is 0.272 e. The third kappa shape index (κ3) is 2.70. The molecule has 2 aromatic heterocycles. The molecule has 29 heavy (non-hydrogen) atoms. The van der Waals surface area contributed by atoms with Crippen LogP contribution in [0.2, 0.25) is 0 Å². The molecular formula is C20H17FN6O2. The first kappa shape index (κ1) is 17.5. The predicted octanol–water partition coefficient (Wildman–Crippen LogP) is 1.98. The fourth-order valence-corrected chi connectivity index (χ4v) is 4.00. The first-order chi connectivity index (χ1) is 14.1. The molecule has 1 aliphatic rings. The zero-order chi connectivity index (χ0) is 20.1. The van der Waals surface area contributed by atoms with Crippen molar-refractivity contribution in [2.24, 2.45) is 7.05 Å². The molecule has 0 bridgehead atoms. The first-order valence-electron chi connectivity index (χ1n) is 9.09. The number of anilines is 1. The third-order valence-electron chi connectivity index (χ3n) is 5.37. The number of halogens is 1. The molecule has 4 aromatic rings. The molecule has 2 unspecified atom stereocenters. The van der Waals surface area contributed by atoms with Crippen molar-refractivity contribution in [2.75, 3.05) is 5.32 Å². The maximum absolute atomic E-state index is 14.2. The molecule has 0 radical (unpaired) electrons. The number of nitrogens with one attached hydrogen (secondary N) is 2. The van der Waals surface area contributed by atoms with Crippen LogP contribution in [0.15, 0.2) is 47.5 Å². The maximum Gasteiger partial charge on any atom is 0.272 e. The van der Waals surface area contributed by atoms with Crippen molar-refractivity contribution in [1.29, 1.82) is 0 Å². The molecule has 0 saturated heterocycles. The van der Waals surface area contributed by atoms with Crippen molar-refractivity contribution in [3.63, 3.8) is 0 Å². The number of aromatic amines is 1. The molecule has 2 atom stereocenters. The van der Waals surface area contributed by atoms with Gasteiger partial charge in [0.15, 0.2) is 0 Å². The summed E-state index contributed by atoms with van der Waals surface area (Å²) in [6, 6.07) is 9.73. The van der Waals surface area contributed by atoms with Crippen LogP contribution in [0.4, 0.5) is 10.1 Å². The number of aliphatic hydroxyl groups is 1. The van der Waals surface area contributed by atoms with Gasteiger partial charge in [0.25, 0.3) is 5.56 Å². The van der Waals surface area contributed by atoms with Crippen molar-refractivity contribution in [2.45, 2.75) is 18.6 Å². The number of benzene rings is 2. The average Bonchev–Trinajstić information content (AvgIpc) is 3.15. The molecule has 5 rings (SSSR count). The number of H-pyrrole nitrogens is 1. The van der Waals surface area contributed by atoms with Crippen LogP contribution in [-0.2, 0) is 13.7 Å². The van der Waals surface area contributed by atoms with E-state index in [1.807, 2.05) is 24.3 Å². The summed E-state index contributed by atoms with van der Waals surface area (Å²) >= 11 is 0. The Kier molecular flexibility index (Phi) is 3.92. The van der Waals surface area contributed by atoms with E-state index in [1.165, 1.54) is 18.5 Å². The summed E-state index contributed by atoms with van der Waals surface area (Å²) in [5.74, 6) is -0.224. The van der Waals surface area contributed by atoms with Gasteiger partial charge in [-0.05, 0) is 23.3 Å². The van der Waals surface area contributed by atoms with Crippen LogP contribution in [0.25, 0.3) is 10.8 Å². The first-order valence-corrected chi connectivity index (χ1v) is 9.09. The Balaban J connectivity index is 1.79. The van der Waals surface area contributed by atoms with Gasteiger partial charge in [0.2, 0.25) is 0 Å². The van der Waals surface area contributed by atoms with E-state index in [4.69, 9.17) is 0 Å². The van der Waals surface area contributed by atoms with Crippen LogP contribution < -0.4 is 10.9 Å². The van der Waals surface area contributed by atoms with Crippen LogP contribution in [0.1, 0.15) is 34.6 Å². The molecule has 0 saturated carbocycles. The second-order valence-corrected chi connectivity index (χ2v) is 7.06. The minimum atomic E-state index is -0.505. The molecule has 3 heterocycles. The highest BCUT2D eigenvalue weighted by Gasteiger charge is 2.37. The van der Waals surface area contributed by atoms with E-state index in [0.717, 1.165) is 11.1 Å². The molecule has 1 aliphatic heterocycles. The summed E-state index contributed by atoms with van der Waals surface area (Å²) < 4.78 is 15.9. The zero-order valence-electron chi connectivity index (χ0n) is 15.4. The third-order valence-corrected chi connectivity index (χ3v) is 5.37. The molecular weight excluding hydrogens is 375 g/mol. The number of aromatic nitrogens is 5. The number of nitrogens with zero attached hydrogens (tertiary/aromatic N) is 4. The minimum absolute atomic E-state index is 0.0543. The van der Waals surface area contributed by atoms with Crippen LogP contribution >= 0.6 is 0 Å². The molecule has 0 spiro atoms. The van der Waals surface area contributed by atoms with Gasteiger partial charge in [-0.1, -0.05) is 24.3 Å². The average molecular weight is 392 g/mol. The Morgan fingerprint density at radius 1 is 1.24 bits per heavy atom. The molecule has 0 fully saturated rings. The standard InChI is InChI=1S/C20H17FN6O2/c1-27-19(22-9-23-27)16-17(11-4-2-10(8-28)3-5-11)24-14-7-12(21)6-13-15(14)18(16)25-26-20(13)29/h2-7,9,16-17,24,28H,8H2,1H3,(H,26,29). The van der Waals surface area contributed by atoms with Gasteiger partial charge in [-0.25, -0.2) is 14.5 Å². The second kappa shape index (κ2) is 6.49. The normalized spacial score (nSPS) is 18.0. The molecule has 0 amide bonds. The fourth-order valence-electron chi connectivity index (χ4n) is 4.00. The van der Waals surface area contributed by atoms with Crippen LogP contribution in [-0.4, -0.2) is 30.1 Å². The van der Waals surface area contributed by atoms with E-state index < -0.39 is 11.4 Å². The summed E-state index contributed by atoms with van der Waals surface area (Å²) in [7, 11) is 1.79. The number of aryl methyl sites for hydroxylation is 1. The van der Waals surface area contributed by atoms with E-state index in [9.17, 15) is 14.3 Å².